The van der Waals surface area contributed by atoms with Crippen LogP contribution in [0.1, 0.15) is 219 Å². The van der Waals surface area contributed by atoms with Crippen LogP contribution in [0.5, 0.6) is 0 Å². The molecule has 0 spiro atoms. The number of likely N-dealkylation sites (N-methyl/N-ethyl adjacent to an activating group) is 1. The molecular weight excluding hydrogens is 811 g/mol. The minimum absolute atomic E-state index is 0.0365. The van der Waals surface area contributed by atoms with Gasteiger partial charge < -0.3 is 28.6 Å². The number of carbonyl (C=O) groups is 3. The Hall–Kier alpha value is -3.23. The Morgan fingerprint density at radius 2 is 0.815 bits per heavy atom. The van der Waals surface area contributed by atoms with E-state index < -0.39 is 18.1 Å². The van der Waals surface area contributed by atoms with E-state index in [1.807, 2.05) is 0 Å². The number of ether oxygens (including phenoxy) is 3. The molecule has 0 aromatic rings. The standard InChI is InChI=1S/C57H99NO7/c1-6-8-10-12-14-16-18-20-22-24-26-28-30-31-33-35-37-39-41-43-45-47-55(59)64-52-53(51-63-50-49-54(57(61)62)58(3,4)5)65-56(60)48-46-44-42-40-38-36-34-32-29-27-25-23-21-19-17-15-13-11-9-7-2/h8-11,14-17,20-23,53-54H,6-7,12-13,18-19,24-52H2,1-5H3/b10-8+,11-9+,16-14+,17-15+,22-20+,23-21+. The molecule has 0 amide bonds. The normalized spacial score (nSPS) is 13.4. The van der Waals surface area contributed by atoms with Crippen LogP contribution in [-0.4, -0.2) is 75.5 Å². The third-order valence-electron chi connectivity index (χ3n) is 11.6. The Balaban J connectivity index is 4.22. The van der Waals surface area contributed by atoms with Crippen LogP contribution >= 0.6 is 0 Å². The molecule has 0 saturated carbocycles. The lowest BCUT2D eigenvalue weighted by molar-refractivity contribution is -0.889. The largest absolute Gasteiger partial charge is 0.544 e. The maximum absolute atomic E-state index is 12.8. The SMILES string of the molecule is CC/C=C/C/C=C/C/C=C/CCCCCCCCCCCCCC(=O)OCC(COCCC(C(=O)[O-])[N+](C)(C)C)OC(=O)CCCCCCCCCCCC/C=C/C/C=C/C/C=C/CC. The van der Waals surface area contributed by atoms with Gasteiger partial charge in [0.25, 0.3) is 0 Å². The minimum Gasteiger partial charge on any atom is -0.544 e. The summed E-state index contributed by atoms with van der Waals surface area (Å²) in [5, 5.41) is 11.7. The van der Waals surface area contributed by atoms with Crippen LogP contribution in [-0.2, 0) is 28.6 Å². The average molecular weight is 910 g/mol. The van der Waals surface area contributed by atoms with Crippen molar-refractivity contribution in [1.29, 1.82) is 0 Å². The summed E-state index contributed by atoms with van der Waals surface area (Å²) in [6, 6.07) is -0.730. The van der Waals surface area contributed by atoms with E-state index in [0.29, 0.717) is 12.8 Å². The van der Waals surface area contributed by atoms with Gasteiger partial charge in [0.2, 0.25) is 0 Å². The van der Waals surface area contributed by atoms with Crippen molar-refractivity contribution in [2.75, 3.05) is 41.0 Å². The van der Waals surface area contributed by atoms with Crippen LogP contribution < -0.4 is 5.11 Å². The molecule has 0 rings (SSSR count). The fourth-order valence-electron chi connectivity index (χ4n) is 7.57. The van der Waals surface area contributed by atoms with E-state index in [4.69, 9.17) is 14.2 Å². The van der Waals surface area contributed by atoms with Gasteiger partial charge in [-0.15, -0.1) is 0 Å². The van der Waals surface area contributed by atoms with Crippen molar-refractivity contribution < 1.29 is 38.2 Å². The molecule has 2 atom stereocenters. The molecule has 0 aliphatic rings. The van der Waals surface area contributed by atoms with Crippen molar-refractivity contribution in [3.63, 3.8) is 0 Å². The molecule has 0 radical (unpaired) electrons. The predicted octanol–water partition coefficient (Wildman–Crippen LogP) is 14.1. The number of hydrogen-bond acceptors (Lipinski definition) is 7. The molecule has 65 heavy (non-hydrogen) atoms. The van der Waals surface area contributed by atoms with Crippen LogP contribution in [0.15, 0.2) is 72.9 Å². The molecule has 0 fully saturated rings. The molecule has 0 N–H and O–H groups in total. The molecule has 0 aromatic carbocycles. The van der Waals surface area contributed by atoms with Crippen molar-refractivity contribution in [3.05, 3.63) is 72.9 Å². The maximum Gasteiger partial charge on any atom is 0.306 e. The lowest BCUT2D eigenvalue weighted by Crippen LogP contribution is -2.55. The first kappa shape index (κ1) is 61.8. The second kappa shape index (κ2) is 47.3. The van der Waals surface area contributed by atoms with Gasteiger partial charge in [0, 0.05) is 19.3 Å². The number of carbonyl (C=O) groups excluding carboxylic acids is 3. The third-order valence-corrected chi connectivity index (χ3v) is 11.6. The highest BCUT2D eigenvalue weighted by atomic mass is 16.6. The first-order valence-corrected chi connectivity index (χ1v) is 26.5. The molecule has 8 nitrogen and oxygen atoms in total. The number of allylic oxidation sites excluding steroid dienone is 12. The Morgan fingerprint density at radius 1 is 0.462 bits per heavy atom. The average Bonchev–Trinajstić information content (AvgIpc) is 3.27. The monoisotopic (exact) mass is 910 g/mol. The molecule has 0 aliphatic carbocycles. The fraction of sp³-hybridized carbons (Fsp3) is 0.737. The van der Waals surface area contributed by atoms with Crippen molar-refractivity contribution in [1.82, 2.24) is 0 Å². The second-order valence-electron chi connectivity index (χ2n) is 18.7. The minimum atomic E-state index is -1.13. The Morgan fingerprint density at radius 3 is 1.20 bits per heavy atom. The Labute approximate surface area is 400 Å². The van der Waals surface area contributed by atoms with E-state index in [9.17, 15) is 19.5 Å². The second-order valence-corrected chi connectivity index (χ2v) is 18.7. The van der Waals surface area contributed by atoms with Crippen LogP contribution in [0.2, 0.25) is 0 Å². The van der Waals surface area contributed by atoms with Gasteiger partial charge in [-0.05, 0) is 77.0 Å². The molecule has 2 unspecified atom stereocenters. The van der Waals surface area contributed by atoms with E-state index >= 15 is 0 Å². The summed E-state index contributed by atoms with van der Waals surface area (Å²) in [7, 11) is 5.41. The molecule has 0 bridgehead atoms. The fourth-order valence-corrected chi connectivity index (χ4v) is 7.57. The molecule has 0 saturated heterocycles. The number of quaternary nitrogens is 1. The van der Waals surface area contributed by atoms with Gasteiger partial charge >= 0.3 is 11.9 Å². The highest BCUT2D eigenvalue weighted by Crippen LogP contribution is 2.16. The number of aliphatic carboxylic acids is 1. The molecule has 0 aromatic heterocycles. The van der Waals surface area contributed by atoms with Gasteiger partial charge in [0.1, 0.15) is 12.6 Å². The van der Waals surface area contributed by atoms with Gasteiger partial charge in [0.15, 0.2) is 6.10 Å². The number of esters is 2. The van der Waals surface area contributed by atoms with Crippen LogP contribution in [0.4, 0.5) is 0 Å². The summed E-state index contributed by atoms with van der Waals surface area (Å²) >= 11 is 0. The summed E-state index contributed by atoms with van der Waals surface area (Å²) in [5.41, 5.74) is 0. The number of nitrogens with zero attached hydrogens (tertiary/aromatic N) is 1. The van der Waals surface area contributed by atoms with Crippen molar-refractivity contribution >= 4 is 17.9 Å². The third kappa shape index (κ3) is 45.7. The van der Waals surface area contributed by atoms with Crippen molar-refractivity contribution in [2.24, 2.45) is 0 Å². The number of hydrogen-bond donors (Lipinski definition) is 0. The van der Waals surface area contributed by atoms with Crippen LogP contribution in [0.3, 0.4) is 0 Å². The van der Waals surface area contributed by atoms with Gasteiger partial charge in [-0.2, -0.15) is 0 Å². The summed E-state index contributed by atoms with van der Waals surface area (Å²) in [6.45, 7) is 4.45. The van der Waals surface area contributed by atoms with Gasteiger partial charge in [-0.1, -0.05) is 196 Å². The number of carboxylic acids is 1. The zero-order valence-electron chi connectivity index (χ0n) is 42.6. The molecule has 374 valence electrons. The zero-order valence-corrected chi connectivity index (χ0v) is 42.6. The van der Waals surface area contributed by atoms with Gasteiger partial charge in [0.05, 0.1) is 40.3 Å². The van der Waals surface area contributed by atoms with Gasteiger partial charge in [-0.3, -0.25) is 9.59 Å². The zero-order chi connectivity index (χ0) is 47.7. The summed E-state index contributed by atoms with van der Waals surface area (Å²) in [6.07, 6.45) is 60.7. The van der Waals surface area contributed by atoms with Crippen molar-refractivity contribution in [2.45, 2.75) is 231 Å². The predicted molar refractivity (Wildman–Crippen MR) is 272 cm³/mol. The molecule has 8 heteroatoms. The molecular formula is C57H99NO7. The van der Waals surface area contributed by atoms with E-state index in [2.05, 4.69) is 86.8 Å². The number of rotatable bonds is 47. The molecule has 0 heterocycles. The van der Waals surface area contributed by atoms with E-state index in [0.717, 1.165) is 77.0 Å². The Bertz CT molecular complexity index is 1290. The lowest BCUT2D eigenvalue weighted by Gasteiger charge is -2.34. The first-order valence-electron chi connectivity index (χ1n) is 26.5. The maximum atomic E-state index is 12.8. The topological polar surface area (TPSA) is 102 Å². The van der Waals surface area contributed by atoms with Crippen LogP contribution in [0, 0.1) is 0 Å². The van der Waals surface area contributed by atoms with Crippen LogP contribution in [0.25, 0.3) is 0 Å². The quantitative estimate of drug-likeness (QED) is 0.0259. The summed E-state index contributed by atoms with van der Waals surface area (Å²) in [5.74, 6) is -1.74. The highest BCUT2D eigenvalue weighted by molar-refractivity contribution is 5.70. The smallest absolute Gasteiger partial charge is 0.306 e. The summed E-state index contributed by atoms with van der Waals surface area (Å²) < 4.78 is 17.3. The van der Waals surface area contributed by atoms with Gasteiger partial charge in [-0.25, -0.2) is 0 Å². The highest BCUT2D eigenvalue weighted by Gasteiger charge is 2.25. The Kier molecular flexibility index (Phi) is 44.9. The number of unbranched alkanes of at least 4 members (excludes halogenated alkanes) is 21. The van der Waals surface area contributed by atoms with E-state index in [1.165, 1.54) is 109 Å². The first-order chi connectivity index (χ1) is 31.6. The molecule has 0 aliphatic heterocycles. The van der Waals surface area contributed by atoms with E-state index in [1.54, 1.807) is 21.1 Å². The lowest BCUT2D eigenvalue weighted by atomic mass is 10.0. The summed E-state index contributed by atoms with van der Waals surface area (Å²) in [4.78, 5) is 37.1. The van der Waals surface area contributed by atoms with Crippen molar-refractivity contribution in [3.8, 4) is 0 Å². The number of carboxylic acid groups (broad SMARTS) is 1. The van der Waals surface area contributed by atoms with E-state index in [-0.39, 0.29) is 42.7 Å².